The van der Waals surface area contributed by atoms with Gasteiger partial charge in [0, 0.05) is 5.69 Å². The van der Waals surface area contributed by atoms with E-state index in [4.69, 9.17) is 9.47 Å². The van der Waals surface area contributed by atoms with Gasteiger partial charge in [0.05, 0.1) is 25.1 Å². The van der Waals surface area contributed by atoms with E-state index in [0.29, 0.717) is 35.4 Å². The summed E-state index contributed by atoms with van der Waals surface area (Å²) in [7, 11) is 1.55. The highest BCUT2D eigenvalue weighted by molar-refractivity contribution is 6.03. The molecule has 0 spiro atoms. The number of aromatic nitrogens is 2. The zero-order chi connectivity index (χ0) is 19.9. The molecule has 0 saturated carbocycles. The number of benzene rings is 2. The second kappa shape index (κ2) is 8.85. The van der Waals surface area contributed by atoms with Crippen LogP contribution in [0.5, 0.6) is 11.5 Å². The molecule has 0 aliphatic rings. The third-order valence-electron chi connectivity index (χ3n) is 3.88. The van der Waals surface area contributed by atoms with Crippen LogP contribution in [0.25, 0.3) is 0 Å². The van der Waals surface area contributed by atoms with Crippen LogP contribution in [0.3, 0.4) is 0 Å². The minimum atomic E-state index is -0.351. The number of carbonyl (C=O) groups excluding carboxylic acids is 1. The Kier molecular flexibility index (Phi) is 6.06. The number of methoxy groups -OCH3 is 1. The normalized spacial score (nSPS) is 10.2. The number of hydrogen-bond donors (Lipinski definition) is 2. The van der Waals surface area contributed by atoms with E-state index in [1.165, 1.54) is 0 Å². The van der Waals surface area contributed by atoms with Crippen LogP contribution in [0, 0.1) is 6.92 Å². The number of hydrogen-bond acceptors (Lipinski definition) is 6. The van der Waals surface area contributed by atoms with Crippen molar-refractivity contribution in [3.8, 4) is 11.5 Å². The highest BCUT2D eigenvalue weighted by Crippen LogP contribution is 2.27. The van der Waals surface area contributed by atoms with Crippen LogP contribution < -0.4 is 20.1 Å². The fourth-order valence-corrected chi connectivity index (χ4v) is 2.65. The Balaban J connectivity index is 1.84. The largest absolute Gasteiger partial charge is 0.495 e. The summed E-state index contributed by atoms with van der Waals surface area (Å²) in [5.41, 5.74) is 2.21. The predicted octanol–water partition coefficient (Wildman–Crippen LogP) is 4.19. The second-order valence-electron chi connectivity index (χ2n) is 5.93. The number of carbonyl (C=O) groups is 1. The first kappa shape index (κ1) is 19.2. The molecule has 28 heavy (non-hydrogen) atoms. The molecular weight excluding hydrogens is 356 g/mol. The Bertz CT molecular complexity index is 975. The van der Waals surface area contributed by atoms with Gasteiger partial charge in [-0.05, 0) is 44.2 Å². The van der Waals surface area contributed by atoms with Gasteiger partial charge in [0.25, 0.3) is 5.91 Å². The number of anilines is 3. The van der Waals surface area contributed by atoms with Gasteiger partial charge in [-0.1, -0.05) is 24.3 Å². The average Bonchev–Trinajstić information content (AvgIpc) is 2.69. The number of nitrogens with zero attached hydrogens (tertiary/aromatic N) is 2. The van der Waals surface area contributed by atoms with Gasteiger partial charge < -0.3 is 20.1 Å². The summed E-state index contributed by atoms with van der Waals surface area (Å²) in [4.78, 5) is 21.4. The van der Waals surface area contributed by atoms with E-state index in [2.05, 4.69) is 20.6 Å². The van der Waals surface area contributed by atoms with Crippen molar-refractivity contribution in [1.82, 2.24) is 9.97 Å². The maximum Gasteiger partial charge on any atom is 0.274 e. The zero-order valence-corrected chi connectivity index (χ0v) is 16.0. The van der Waals surface area contributed by atoms with Crippen molar-refractivity contribution >= 4 is 23.2 Å². The lowest BCUT2D eigenvalue weighted by Gasteiger charge is -2.13. The number of nitrogens with one attached hydrogen (secondary N) is 2. The average molecular weight is 378 g/mol. The lowest BCUT2D eigenvalue weighted by molar-refractivity contribution is 0.102. The van der Waals surface area contributed by atoms with Gasteiger partial charge in [-0.2, -0.15) is 0 Å². The van der Waals surface area contributed by atoms with Crippen LogP contribution in [0.1, 0.15) is 23.1 Å². The Morgan fingerprint density at radius 2 is 1.68 bits per heavy atom. The molecule has 144 valence electrons. The van der Waals surface area contributed by atoms with Crippen molar-refractivity contribution in [2.24, 2.45) is 0 Å². The van der Waals surface area contributed by atoms with Crippen molar-refractivity contribution < 1.29 is 14.3 Å². The van der Waals surface area contributed by atoms with Crippen molar-refractivity contribution in [3.63, 3.8) is 0 Å². The highest BCUT2D eigenvalue weighted by Gasteiger charge is 2.14. The lowest BCUT2D eigenvalue weighted by Crippen LogP contribution is -2.16. The summed E-state index contributed by atoms with van der Waals surface area (Å²) < 4.78 is 10.9. The standard InChI is InChI=1S/C21H22N4O3/c1-4-28-19-12-8-6-10-16(19)24-21-22-14(2)13-17(25-21)20(26)23-15-9-5-7-11-18(15)27-3/h5-13H,4H2,1-3H3,(H,23,26)(H,22,24,25). The second-order valence-corrected chi connectivity index (χ2v) is 5.93. The fourth-order valence-electron chi connectivity index (χ4n) is 2.65. The molecule has 0 fully saturated rings. The Hall–Kier alpha value is -3.61. The van der Waals surface area contributed by atoms with Gasteiger partial charge in [0.15, 0.2) is 0 Å². The van der Waals surface area contributed by atoms with Crippen LogP contribution in [0.15, 0.2) is 54.6 Å². The van der Waals surface area contributed by atoms with Crippen LogP contribution in [-0.4, -0.2) is 29.6 Å². The summed E-state index contributed by atoms with van der Waals surface area (Å²) in [6, 6.07) is 16.3. The molecule has 0 bridgehead atoms. The number of amides is 1. The number of aryl methyl sites for hydroxylation is 1. The Labute approximate surface area is 163 Å². The number of para-hydroxylation sites is 4. The van der Waals surface area contributed by atoms with Crippen molar-refractivity contribution in [2.75, 3.05) is 24.4 Å². The van der Waals surface area contributed by atoms with Crippen molar-refractivity contribution in [3.05, 3.63) is 66.0 Å². The molecule has 0 aliphatic heterocycles. The Morgan fingerprint density at radius 3 is 2.39 bits per heavy atom. The predicted molar refractivity (Wildman–Crippen MR) is 109 cm³/mol. The van der Waals surface area contributed by atoms with E-state index in [-0.39, 0.29) is 11.6 Å². The molecule has 0 saturated heterocycles. The quantitative estimate of drug-likeness (QED) is 0.641. The first-order valence-electron chi connectivity index (χ1n) is 8.89. The van der Waals surface area contributed by atoms with Gasteiger partial charge in [0.2, 0.25) is 5.95 Å². The molecule has 7 nitrogen and oxygen atoms in total. The van der Waals surface area contributed by atoms with Crippen LogP contribution >= 0.6 is 0 Å². The smallest absolute Gasteiger partial charge is 0.274 e. The van der Waals surface area contributed by atoms with Gasteiger partial charge in [-0.3, -0.25) is 4.79 Å². The fraction of sp³-hybridized carbons (Fsp3) is 0.190. The molecule has 1 amide bonds. The minimum absolute atomic E-state index is 0.245. The molecule has 1 aromatic heterocycles. The zero-order valence-electron chi connectivity index (χ0n) is 16.0. The minimum Gasteiger partial charge on any atom is -0.495 e. The Morgan fingerprint density at radius 1 is 1.00 bits per heavy atom. The van der Waals surface area contributed by atoms with E-state index in [1.807, 2.05) is 43.3 Å². The molecule has 0 aliphatic carbocycles. The lowest BCUT2D eigenvalue weighted by atomic mass is 10.2. The first-order chi connectivity index (χ1) is 13.6. The van der Waals surface area contributed by atoms with Crippen LogP contribution in [-0.2, 0) is 0 Å². The van der Waals surface area contributed by atoms with E-state index < -0.39 is 0 Å². The maximum absolute atomic E-state index is 12.7. The maximum atomic E-state index is 12.7. The summed E-state index contributed by atoms with van der Waals surface area (Å²) >= 11 is 0. The molecule has 2 aromatic carbocycles. The summed E-state index contributed by atoms with van der Waals surface area (Å²) in [6.45, 7) is 4.27. The number of rotatable bonds is 7. The van der Waals surface area contributed by atoms with Gasteiger partial charge >= 0.3 is 0 Å². The van der Waals surface area contributed by atoms with E-state index in [9.17, 15) is 4.79 Å². The summed E-state index contributed by atoms with van der Waals surface area (Å²) in [5, 5.41) is 5.95. The van der Waals surface area contributed by atoms with Crippen molar-refractivity contribution in [2.45, 2.75) is 13.8 Å². The summed E-state index contributed by atoms with van der Waals surface area (Å²) in [5.74, 6) is 1.23. The molecule has 3 rings (SSSR count). The van der Waals surface area contributed by atoms with Gasteiger partial charge in [0.1, 0.15) is 17.2 Å². The molecule has 3 aromatic rings. The molecule has 1 heterocycles. The highest BCUT2D eigenvalue weighted by atomic mass is 16.5. The SMILES string of the molecule is CCOc1ccccc1Nc1nc(C)cc(C(=O)Nc2ccccc2OC)n1. The molecule has 2 N–H and O–H groups in total. The van der Waals surface area contributed by atoms with Gasteiger partial charge in [-0.25, -0.2) is 9.97 Å². The van der Waals surface area contributed by atoms with Crippen molar-refractivity contribution in [1.29, 1.82) is 0 Å². The summed E-state index contributed by atoms with van der Waals surface area (Å²) in [6.07, 6.45) is 0. The molecule has 0 radical (unpaired) electrons. The molecule has 7 heteroatoms. The van der Waals surface area contributed by atoms with E-state index >= 15 is 0 Å². The van der Waals surface area contributed by atoms with Crippen LogP contribution in [0.2, 0.25) is 0 Å². The van der Waals surface area contributed by atoms with E-state index in [0.717, 1.165) is 5.69 Å². The van der Waals surface area contributed by atoms with Crippen LogP contribution in [0.4, 0.5) is 17.3 Å². The molecular formula is C21H22N4O3. The third kappa shape index (κ3) is 4.56. The first-order valence-corrected chi connectivity index (χ1v) is 8.89. The number of ether oxygens (including phenoxy) is 2. The monoisotopic (exact) mass is 378 g/mol. The van der Waals surface area contributed by atoms with E-state index in [1.54, 1.807) is 32.2 Å². The molecule has 0 atom stereocenters. The molecule has 0 unspecified atom stereocenters. The third-order valence-corrected chi connectivity index (χ3v) is 3.88. The van der Waals surface area contributed by atoms with Gasteiger partial charge in [-0.15, -0.1) is 0 Å². The topological polar surface area (TPSA) is 85.4 Å².